The lowest BCUT2D eigenvalue weighted by Crippen LogP contribution is -2.47. The van der Waals surface area contributed by atoms with Crippen molar-refractivity contribution in [3.05, 3.63) is 0 Å². The summed E-state index contributed by atoms with van der Waals surface area (Å²) < 4.78 is 0. The molecular formula is C16H34N2. The Kier molecular flexibility index (Phi) is 7.92. The molecule has 0 bridgehead atoms. The summed E-state index contributed by atoms with van der Waals surface area (Å²) >= 11 is 0. The van der Waals surface area contributed by atoms with Crippen LogP contribution in [0.15, 0.2) is 0 Å². The van der Waals surface area contributed by atoms with Gasteiger partial charge in [0.05, 0.1) is 0 Å². The number of hydrogen-bond donors (Lipinski definition) is 1. The molecule has 1 rings (SSSR count). The van der Waals surface area contributed by atoms with E-state index in [1.54, 1.807) is 0 Å². The monoisotopic (exact) mass is 254 g/mol. The van der Waals surface area contributed by atoms with E-state index >= 15 is 0 Å². The van der Waals surface area contributed by atoms with E-state index in [0.717, 1.165) is 24.4 Å². The summed E-state index contributed by atoms with van der Waals surface area (Å²) in [7, 11) is 0. The van der Waals surface area contributed by atoms with Crippen LogP contribution in [-0.2, 0) is 0 Å². The van der Waals surface area contributed by atoms with Gasteiger partial charge in [0.2, 0.25) is 0 Å². The van der Waals surface area contributed by atoms with Crippen LogP contribution >= 0.6 is 0 Å². The Hall–Kier alpha value is -0.0800. The van der Waals surface area contributed by atoms with Gasteiger partial charge in [-0.3, -0.25) is 4.90 Å². The van der Waals surface area contributed by atoms with Crippen molar-refractivity contribution in [1.82, 2.24) is 10.2 Å². The Balaban J connectivity index is 2.39. The average Bonchev–Trinajstić information content (AvgIpc) is 2.37. The van der Waals surface area contributed by atoms with Crippen molar-refractivity contribution in [2.75, 3.05) is 26.2 Å². The van der Waals surface area contributed by atoms with Crippen LogP contribution in [0.25, 0.3) is 0 Å². The second-order valence-electron chi connectivity index (χ2n) is 6.41. The predicted molar refractivity (Wildman–Crippen MR) is 81.0 cm³/mol. The normalized spacial score (nSPS) is 23.5. The maximum Gasteiger partial charge on any atom is 0.0220 e. The summed E-state index contributed by atoms with van der Waals surface area (Å²) in [5.74, 6) is 1.71. The van der Waals surface area contributed by atoms with Gasteiger partial charge in [0, 0.05) is 19.1 Å². The van der Waals surface area contributed by atoms with Crippen molar-refractivity contribution in [2.45, 2.75) is 65.8 Å². The fraction of sp³-hybridized carbons (Fsp3) is 1.00. The molecular weight excluding hydrogens is 220 g/mol. The van der Waals surface area contributed by atoms with Gasteiger partial charge in [-0.1, -0.05) is 40.5 Å². The second-order valence-corrected chi connectivity index (χ2v) is 6.41. The molecule has 1 aliphatic rings. The third kappa shape index (κ3) is 5.71. The van der Waals surface area contributed by atoms with Gasteiger partial charge in [0.1, 0.15) is 0 Å². The van der Waals surface area contributed by atoms with E-state index < -0.39 is 0 Å². The van der Waals surface area contributed by atoms with Crippen LogP contribution in [0.1, 0.15) is 59.8 Å². The standard InChI is InChI=1S/C16H34N2/c1-5-8-16(12-17-11-14(3)4)18-10-7-9-15(6-2)13-18/h14-17H,5-13H2,1-4H3. The lowest BCUT2D eigenvalue weighted by atomic mass is 9.93. The van der Waals surface area contributed by atoms with E-state index in [2.05, 4.69) is 37.9 Å². The zero-order valence-corrected chi connectivity index (χ0v) is 13.0. The molecule has 0 aromatic heterocycles. The number of nitrogens with zero attached hydrogens (tertiary/aromatic N) is 1. The van der Waals surface area contributed by atoms with Crippen LogP contribution in [0.2, 0.25) is 0 Å². The molecule has 0 amide bonds. The highest BCUT2D eigenvalue weighted by Crippen LogP contribution is 2.22. The Morgan fingerprint density at radius 3 is 2.61 bits per heavy atom. The predicted octanol–water partition coefficient (Wildman–Crippen LogP) is 3.52. The number of piperidine rings is 1. The first-order valence-corrected chi connectivity index (χ1v) is 8.12. The Bertz CT molecular complexity index is 203. The largest absolute Gasteiger partial charge is 0.315 e. The molecule has 1 N–H and O–H groups in total. The molecule has 0 aliphatic carbocycles. The SMILES string of the molecule is CCCC(CNCC(C)C)N1CCCC(CC)C1. The van der Waals surface area contributed by atoms with Gasteiger partial charge in [-0.2, -0.15) is 0 Å². The van der Waals surface area contributed by atoms with E-state index in [4.69, 9.17) is 0 Å². The van der Waals surface area contributed by atoms with Crippen LogP contribution in [0.3, 0.4) is 0 Å². The average molecular weight is 254 g/mol. The van der Waals surface area contributed by atoms with E-state index in [0.29, 0.717) is 0 Å². The van der Waals surface area contributed by atoms with Gasteiger partial charge in [0.25, 0.3) is 0 Å². The third-order valence-electron chi connectivity index (χ3n) is 4.20. The van der Waals surface area contributed by atoms with E-state index in [1.165, 1.54) is 51.7 Å². The van der Waals surface area contributed by atoms with Gasteiger partial charge in [0.15, 0.2) is 0 Å². The first-order valence-electron chi connectivity index (χ1n) is 8.12. The smallest absolute Gasteiger partial charge is 0.0220 e. The van der Waals surface area contributed by atoms with Crippen molar-refractivity contribution in [3.63, 3.8) is 0 Å². The molecule has 2 heteroatoms. The summed E-state index contributed by atoms with van der Waals surface area (Å²) in [4.78, 5) is 2.76. The molecule has 2 nitrogen and oxygen atoms in total. The van der Waals surface area contributed by atoms with Crippen molar-refractivity contribution >= 4 is 0 Å². The van der Waals surface area contributed by atoms with Crippen LogP contribution < -0.4 is 5.32 Å². The highest BCUT2D eigenvalue weighted by Gasteiger charge is 2.24. The zero-order chi connectivity index (χ0) is 13.4. The van der Waals surface area contributed by atoms with Gasteiger partial charge >= 0.3 is 0 Å². The maximum atomic E-state index is 3.66. The topological polar surface area (TPSA) is 15.3 Å². The minimum Gasteiger partial charge on any atom is -0.315 e. The molecule has 0 aromatic rings. The molecule has 1 fully saturated rings. The fourth-order valence-corrected chi connectivity index (χ4v) is 3.05. The van der Waals surface area contributed by atoms with Gasteiger partial charge in [-0.15, -0.1) is 0 Å². The lowest BCUT2D eigenvalue weighted by molar-refractivity contribution is 0.113. The van der Waals surface area contributed by atoms with E-state index in [-0.39, 0.29) is 0 Å². The van der Waals surface area contributed by atoms with Crippen molar-refractivity contribution in [1.29, 1.82) is 0 Å². The second kappa shape index (κ2) is 8.92. The van der Waals surface area contributed by atoms with Gasteiger partial charge in [-0.05, 0) is 44.2 Å². The summed E-state index contributed by atoms with van der Waals surface area (Å²) in [6, 6.07) is 0.767. The quantitative estimate of drug-likeness (QED) is 0.713. The van der Waals surface area contributed by atoms with Gasteiger partial charge in [-0.25, -0.2) is 0 Å². The van der Waals surface area contributed by atoms with Crippen LogP contribution in [0.4, 0.5) is 0 Å². The maximum absolute atomic E-state index is 3.66. The Labute approximate surface area is 115 Å². The molecule has 0 saturated carbocycles. The first-order chi connectivity index (χ1) is 8.67. The van der Waals surface area contributed by atoms with Crippen molar-refractivity contribution in [3.8, 4) is 0 Å². The molecule has 0 aromatic carbocycles. The lowest BCUT2D eigenvalue weighted by Gasteiger charge is -2.38. The third-order valence-corrected chi connectivity index (χ3v) is 4.20. The summed E-state index contributed by atoms with van der Waals surface area (Å²) in [6.45, 7) is 14.2. The highest BCUT2D eigenvalue weighted by atomic mass is 15.2. The summed E-state index contributed by atoms with van der Waals surface area (Å²) in [5, 5.41) is 3.66. The molecule has 1 saturated heterocycles. The zero-order valence-electron chi connectivity index (χ0n) is 13.0. The van der Waals surface area contributed by atoms with Crippen LogP contribution in [-0.4, -0.2) is 37.1 Å². The van der Waals surface area contributed by atoms with Gasteiger partial charge < -0.3 is 5.32 Å². The summed E-state index contributed by atoms with van der Waals surface area (Å²) in [5.41, 5.74) is 0. The van der Waals surface area contributed by atoms with E-state index in [1.807, 2.05) is 0 Å². The number of nitrogens with one attached hydrogen (secondary N) is 1. The van der Waals surface area contributed by atoms with Crippen LogP contribution in [0, 0.1) is 11.8 Å². The minimum atomic E-state index is 0.761. The minimum absolute atomic E-state index is 0.761. The molecule has 108 valence electrons. The molecule has 2 unspecified atom stereocenters. The Morgan fingerprint density at radius 2 is 2.00 bits per heavy atom. The highest BCUT2D eigenvalue weighted by molar-refractivity contribution is 4.80. The molecule has 18 heavy (non-hydrogen) atoms. The molecule has 0 spiro atoms. The van der Waals surface area contributed by atoms with Crippen molar-refractivity contribution in [2.24, 2.45) is 11.8 Å². The number of hydrogen-bond acceptors (Lipinski definition) is 2. The number of likely N-dealkylation sites (tertiary alicyclic amines) is 1. The fourth-order valence-electron chi connectivity index (χ4n) is 3.05. The number of rotatable bonds is 8. The molecule has 1 aliphatic heterocycles. The molecule has 2 atom stereocenters. The summed E-state index contributed by atoms with van der Waals surface area (Å²) in [6.07, 6.45) is 6.87. The first kappa shape index (κ1) is 16.0. The molecule has 1 heterocycles. The molecule has 0 radical (unpaired) electrons. The van der Waals surface area contributed by atoms with Crippen LogP contribution in [0.5, 0.6) is 0 Å². The Morgan fingerprint density at radius 1 is 1.22 bits per heavy atom. The van der Waals surface area contributed by atoms with Crippen molar-refractivity contribution < 1.29 is 0 Å². The van der Waals surface area contributed by atoms with E-state index in [9.17, 15) is 0 Å².